The summed E-state index contributed by atoms with van der Waals surface area (Å²) >= 11 is 0. The number of hydrogen-bond donors (Lipinski definition) is 0. The second-order valence-electron chi connectivity index (χ2n) is 6.99. The van der Waals surface area contributed by atoms with Crippen molar-refractivity contribution in [2.45, 2.75) is 33.1 Å². The highest BCUT2D eigenvalue weighted by atomic mass is 16.5. The molecule has 3 atom stereocenters. The zero-order valence-corrected chi connectivity index (χ0v) is 14.7. The Morgan fingerprint density at radius 1 is 1.00 bits per heavy atom. The predicted octanol–water partition coefficient (Wildman–Crippen LogP) is -1.21. The molecule has 3 unspecified atom stereocenters. The van der Waals surface area contributed by atoms with Gasteiger partial charge in [0.05, 0.1) is 27.1 Å². The van der Waals surface area contributed by atoms with E-state index in [-0.39, 0.29) is 19.4 Å². The number of quaternary nitrogens is 1. The third-order valence-electron chi connectivity index (χ3n) is 3.78. The lowest BCUT2D eigenvalue weighted by Gasteiger charge is -2.26. The number of likely N-dealkylation sites (N-methyl/N-ethyl adjacent to an activating group) is 1. The molecule has 0 amide bonds. The topological polar surface area (TPSA) is 107 Å². The van der Waals surface area contributed by atoms with E-state index in [2.05, 4.69) is 0 Å². The smallest absolute Gasteiger partial charge is 0.309 e. The van der Waals surface area contributed by atoms with Crippen molar-refractivity contribution in [2.75, 3.05) is 34.3 Å². The molecule has 0 saturated heterocycles. The first-order valence-corrected chi connectivity index (χ1v) is 7.86. The standard InChI is InChI=1S/C16H29NO6/c1-6-12(16(22)23-8-7-17(3,4)5)10-13(15(20)21)9-11(2)14(18)19/h11-13H,6-10H2,1-5H3,(H-,18,19,20,21)/p-1. The van der Waals surface area contributed by atoms with E-state index < -0.39 is 35.7 Å². The van der Waals surface area contributed by atoms with Gasteiger partial charge in [-0.15, -0.1) is 0 Å². The lowest BCUT2D eigenvalue weighted by atomic mass is 9.86. The van der Waals surface area contributed by atoms with Gasteiger partial charge in [-0.1, -0.05) is 13.8 Å². The summed E-state index contributed by atoms with van der Waals surface area (Å²) in [6, 6.07) is 0. The van der Waals surface area contributed by atoms with Crippen molar-refractivity contribution in [2.24, 2.45) is 17.8 Å². The molecule has 7 nitrogen and oxygen atoms in total. The van der Waals surface area contributed by atoms with Gasteiger partial charge < -0.3 is 29.0 Å². The van der Waals surface area contributed by atoms with Crippen molar-refractivity contribution in [1.29, 1.82) is 0 Å². The fraction of sp³-hybridized carbons (Fsp3) is 0.812. The highest BCUT2D eigenvalue weighted by Crippen LogP contribution is 2.23. The van der Waals surface area contributed by atoms with Crippen molar-refractivity contribution in [1.82, 2.24) is 0 Å². The van der Waals surface area contributed by atoms with E-state index in [4.69, 9.17) is 4.74 Å². The molecule has 134 valence electrons. The molecule has 0 saturated carbocycles. The van der Waals surface area contributed by atoms with Crippen LogP contribution in [-0.4, -0.2) is 56.7 Å². The van der Waals surface area contributed by atoms with Crippen molar-refractivity contribution in [3.05, 3.63) is 0 Å². The van der Waals surface area contributed by atoms with Gasteiger partial charge in [0.2, 0.25) is 0 Å². The normalized spacial score (nSPS) is 15.5. The zero-order chi connectivity index (χ0) is 18.2. The largest absolute Gasteiger partial charge is 0.550 e. The summed E-state index contributed by atoms with van der Waals surface area (Å²) in [6.07, 6.45) is 0.319. The van der Waals surface area contributed by atoms with Crippen LogP contribution in [0.5, 0.6) is 0 Å². The van der Waals surface area contributed by atoms with Gasteiger partial charge in [-0.3, -0.25) is 4.79 Å². The summed E-state index contributed by atoms with van der Waals surface area (Å²) in [5.74, 6) is -5.62. The molecule has 0 spiro atoms. The molecule has 0 aromatic carbocycles. The lowest BCUT2D eigenvalue weighted by Crippen LogP contribution is -2.39. The van der Waals surface area contributed by atoms with E-state index in [1.54, 1.807) is 6.92 Å². The van der Waals surface area contributed by atoms with E-state index in [9.17, 15) is 24.6 Å². The Bertz CT molecular complexity index is 415. The molecule has 0 aromatic rings. The van der Waals surface area contributed by atoms with E-state index in [1.807, 2.05) is 21.1 Å². The van der Waals surface area contributed by atoms with Crippen molar-refractivity contribution in [3.8, 4) is 0 Å². The summed E-state index contributed by atoms with van der Waals surface area (Å²) in [5, 5.41) is 22.0. The average Bonchev–Trinajstić information content (AvgIpc) is 2.40. The highest BCUT2D eigenvalue weighted by Gasteiger charge is 2.25. The van der Waals surface area contributed by atoms with Crippen LogP contribution in [0.3, 0.4) is 0 Å². The van der Waals surface area contributed by atoms with Gasteiger partial charge in [0.15, 0.2) is 0 Å². The molecule has 7 heteroatoms. The van der Waals surface area contributed by atoms with E-state index in [0.29, 0.717) is 17.4 Å². The Morgan fingerprint density at radius 3 is 1.96 bits per heavy atom. The minimum atomic E-state index is -1.35. The van der Waals surface area contributed by atoms with Crippen molar-refractivity contribution < 1.29 is 33.8 Å². The van der Waals surface area contributed by atoms with Crippen LogP contribution < -0.4 is 10.2 Å². The van der Waals surface area contributed by atoms with Crippen LogP contribution >= 0.6 is 0 Å². The van der Waals surface area contributed by atoms with Crippen LogP contribution in [0.15, 0.2) is 0 Å². The molecule has 0 bridgehead atoms. The maximum absolute atomic E-state index is 12.1. The number of aliphatic carboxylic acids is 2. The van der Waals surface area contributed by atoms with Gasteiger partial charge in [0, 0.05) is 11.9 Å². The van der Waals surface area contributed by atoms with Crippen LogP contribution in [0.2, 0.25) is 0 Å². The van der Waals surface area contributed by atoms with Crippen molar-refractivity contribution >= 4 is 17.9 Å². The average molecular weight is 330 g/mol. The van der Waals surface area contributed by atoms with E-state index >= 15 is 0 Å². The molecule has 23 heavy (non-hydrogen) atoms. The van der Waals surface area contributed by atoms with Gasteiger partial charge in [-0.25, -0.2) is 0 Å². The molecule has 0 N–H and O–H groups in total. The first kappa shape index (κ1) is 21.4. The number of carboxylic acids is 2. The van der Waals surface area contributed by atoms with Gasteiger partial charge in [-0.2, -0.15) is 0 Å². The fourth-order valence-corrected chi connectivity index (χ4v) is 2.12. The summed E-state index contributed by atoms with van der Waals surface area (Å²) in [7, 11) is 5.91. The van der Waals surface area contributed by atoms with Crippen LogP contribution in [0, 0.1) is 17.8 Å². The second kappa shape index (κ2) is 9.50. The number of carbonyl (C=O) groups excluding carboxylic acids is 3. The number of hydrogen-bond acceptors (Lipinski definition) is 6. The van der Waals surface area contributed by atoms with E-state index in [0.717, 1.165) is 0 Å². The monoisotopic (exact) mass is 330 g/mol. The Morgan fingerprint density at radius 2 is 1.57 bits per heavy atom. The quantitative estimate of drug-likeness (QED) is 0.348. The van der Waals surface area contributed by atoms with Gasteiger partial charge in [0.1, 0.15) is 13.2 Å². The van der Waals surface area contributed by atoms with Crippen LogP contribution in [0.1, 0.15) is 33.1 Å². The van der Waals surface area contributed by atoms with Crippen LogP contribution in [0.4, 0.5) is 0 Å². The third-order valence-corrected chi connectivity index (χ3v) is 3.78. The molecule has 0 aliphatic rings. The first-order valence-electron chi connectivity index (χ1n) is 7.86. The molecular formula is C16H28NO6-. The minimum absolute atomic E-state index is 0.0136. The lowest BCUT2D eigenvalue weighted by molar-refractivity contribution is -0.870. The van der Waals surface area contributed by atoms with Crippen LogP contribution in [0.25, 0.3) is 0 Å². The number of nitrogens with zero attached hydrogens (tertiary/aromatic N) is 1. The molecule has 0 heterocycles. The number of carbonyl (C=O) groups is 3. The third kappa shape index (κ3) is 9.18. The van der Waals surface area contributed by atoms with Gasteiger partial charge in [-0.05, 0) is 31.1 Å². The SMILES string of the molecule is CCC(CC(CC(C)C(=O)[O-])C(=O)[O-])C(=O)OCC[N+](C)(C)C. The Kier molecular flexibility index (Phi) is 8.82. The predicted molar refractivity (Wildman–Crippen MR) is 79.5 cm³/mol. The van der Waals surface area contributed by atoms with Gasteiger partial charge in [0.25, 0.3) is 0 Å². The fourth-order valence-electron chi connectivity index (χ4n) is 2.12. The summed E-state index contributed by atoms with van der Waals surface area (Å²) in [4.78, 5) is 34.0. The van der Waals surface area contributed by atoms with Crippen molar-refractivity contribution in [3.63, 3.8) is 0 Å². The molecular weight excluding hydrogens is 302 g/mol. The molecule has 0 fully saturated rings. The minimum Gasteiger partial charge on any atom is -0.550 e. The Balaban J connectivity index is 4.64. The molecule has 0 aliphatic carbocycles. The summed E-state index contributed by atoms with van der Waals surface area (Å²) in [6.45, 7) is 4.05. The molecule has 0 aliphatic heterocycles. The molecule has 0 aromatic heterocycles. The van der Waals surface area contributed by atoms with Gasteiger partial charge >= 0.3 is 5.97 Å². The number of rotatable bonds is 11. The highest BCUT2D eigenvalue weighted by molar-refractivity contribution is 5.75. The Hall–Kier alpha value is -1.63. The molecule has 0 radical (unpaired) electrons. The number of carboxylic acid groups (broad SMARTS) is 2. The first-order chi connectivity index (χ1) is 10.5. The molecule has 0 rings (SSSR count). The zero-order valence-electron chi connectivity index (χ0n) is 14.7. The number of ether oxygens (including phenoxy) is 1. The summed E-state index contributed by atoms with van der Waals surface area (Å²) in [5.41, 5.74) is 0. The maximum atomic E-state index is 12.1. The summed E-state index contributed by atoms with van der Waals surface area (Å²) < 4.78 is 5.86. The number of esters is 1. The Labute approximate surface area is 137 Å². The van der Waals surface area contributed by atoms with Crippen LogP contribution in [-0.2, 0) is 19.1 Å². The maximum Gasteiger partial charge on any atom is 0.309 e. The second-order valence-corrected chi connectivity index (χ2v) is 6.99. The van der Waals surface area contributed by atoms with E-state index in [1.165, 1.54) is 6.92 Å².